The van der Waals surface area contributed by atoms with E-state index in [4.69, 9.17) is 9.72 Å². The molecule has 0 unspecified atom stereocenters. The average Bonchev–Trinajstić information content (AvgIpc) is 3.84. The quantitative estimate of drug-likeness (QED) is 0.131. The van der Waals surface area contributed by atoms with Crippen molar-refractivity contribution in [3.8, 4) is 33.8 Å². The molecule has 0 spiro atoms. The van der Waals surface area contributed by atoms with Crippen LogP contribution in [0.4, 0.5) is 0 Å². The number of imidazole rings is 2. The van der Waals surface area contributed by atoms with Gasteiger partial charge in [-0.15, -0.1) is 12.1 Å². The molecule has 0 amide bonds. The zero-order valence-corrected chi connectivity index (χ0v) is 31.2. The summed E-state index contributed by atoms with van der Waals surface area (Å²) in [6, 6.07) is 34.9. The summed E-state index contributed by atoms with van der Waals surface area (Å²) in [6.07, 6.45) is 11.4. The van der Waals surface area contributed by atoms with Gasteiger partial charge in [0.25, 0.3) is 0 Å². The number of aromatic nitrogens is 5. The summed E-state index contributed by atoms with van der Waals surface area (Å²) in [5.74, 6) is 1.17. The van der Waals surface area contributed by atoms with Gasteiger partial charge in [0.05, 0.1) is 11.3 Å². The number of rotatable bonds is 4. The molecule has 252 valence electrons. The maximum absolute atomic E-state index is 6.50. The fourth-order valence-corrected chi connectivity index (χ4v) is 8.11. The maximum atomic E-state index is 6.50. The zero-order chi connectivity index (χ0) is 34.4. The predicted molar refractivity (Wildman–Crippen MR) is 206 cm³/mol. The first-order valence-electron chi connectivity index (χ1n) is 17.1. The van der Waals surface area contributed by atoms with Gasteiger partial charge in [0.1, 0.15) is 0 Å². The third kappa shape index (κ3) is 4.71. The van der Waals surface area contributed by atoms with Crippen molar-refractivity contribution in [3.63, 3.8) is 0 Å². The van der Waals surface area contributed by atoms with Gasteiger partial charge in [0, 0.05) is 65.3 Å². The summed E-state index contributed by atoms with van der Waals surface area (Å²) in [6.45, 7) is 8.82. The molecule has 0 aliphatic rings. The van der Waals surface area contributed by atoms with Gasteiger partial charge >= 0.3 is 21.1 Å². The summed E-state index contributed by atoms with van der Waals surface area (Å²) < 4.78 is 10.8. The van der Waals surface area contributed by atoms with Crippen molar-refractivity contribution in [2.24, 2.45) is 0 Å². The number of fused-ring (bicyclic) bond motifs is 12. The molecule has 6 nitrogen and oxygen atoms in total. The van der Waals surface area contributed by atoms with E-state index in [1.807, 2.05) is 43.0 Å². The Morgan fingerprint density at radius 3 is 1.75 bits per heavy atom. The number of hydrogen-bond acceptors (Lipinski definition) is 4. The van der Waals surface area contributed by atoms with Crippen molar-refractivity contribution in [2.45, 2.75) is 27.7 Å². The minimum atomic E-state index is 0. The van der Waals surface area contributed by atoms with Crippen LogP contribution in [0.25, 0.3) is 76.9 Å². The molecule has 10 rings (SSSR count). The molecular formula is C45H31N5OPt. The molecule has 7 heteroatoms. The van der Waals surface area contributed by atoms with Crippen LogP contribution in [0, 0.1) is 39.8 Å². The van der Waals surface area contributed by atoms with Gasteiger partial charge in [-0.3, -0.25) is 15.0 Å². The second kappa shape index (κ2) is 12.1. The fraction of sp³-hybridized carbons (Fsp3) is 0.0889. The number of ether oxygens (including phenoxy) is 1. The molecular weight excluding hydrogens is 822 g/mol. The van der Waals surface area contributed by atoms with Crippen LogP contribution in [0.15, 0.2) is 116 Å². The van der Waals surface area contributed by atoms with Gasteiger partial charge < -0.3 is 13.5 Å². The molecule has 0 fully saturated rings. The van der Waals surface area contributed by atoms with E-state index < -0.39 is 0 Å². The predicted octanol–water partition coefficient (Wildman–Crippen LogP) is 10.9. The molecule has 5 heterocycles. The standard InChI is InChI=1S/C45H31N5O.Pt/c1-26-7-5-8-27(2)40(26)35-16-15-34-32-13-11-30(23-36(32)45-48-20-22-50(45)43(34)42(35)41-28(3)9-6-10-29(41)4)51-31-12-14-33-37(24-31)44-47-19-21-49(44)39-17-18-46-25-38(33)39;/h5-22,25H,1-4H3;/q-2;+2. The molecule has 52 heavy (non-hydrogen) atoms. The molecule has 0 N–H and O–H groups in total. The second-order valence-corrected chi connectivity index (χ2v) is 13.4. The van der Waals surface area contributed by atoms with Gasteiger partial charge in [-0.1, -0.05) is 94.3 Å². The third-order valence-corrected chi connectivity index (χ3v) is 10.3. The Balaban J connectivity index is 0.00000360. The van der Waals surface area contributed by atoms with E-state index in [0.717, 1.165) is 54.6 Å². The molecule has 0 aliphatic carbocycles. The van der Waals surface area contributed by atoms with E-state index in [1.54, 1.807) is 6.20 Å². The normalized spacial score (nSPS) is 11.7. The Hall–Kier alpha value is -5.84. The molecule has 5 aromatic carbocycles. The summed E-state index contributed by atoms with van der Waals surface area (Å²) in [4.78, 5) is 13.9. The third-order valence-electron chi connectivity index (χ3n) is 10.3. The largest absolute Gasteiger partial charge is 2.00 e. The Bertz CT molecular complexity index is 3030. The van der Waals surface area contributed by atoms with Crippen LogP contribution in [0.3, 0.4) is 0 Å². The van der Waals surface area contributed by atoms with Crippen LogP contribution in [-0.4, -0.2) is 23.8 Å². The Labute approximate surface area is 314 Å². The molecule has 0 atom stereocenters. The molecule has 0 radical (unpaired) electrons. The summed E-state index contributed by atoms with van der Waals surface area (Å²) in [7, 11) is 0. The maximum Gasteiger partial charge on any atom is 2.00 e. The monoisotopic (exact) mass is 852 g/mol. The zero-order valence-electron chi connectivity index (χ0n) is 28.9. The van der Waals surface area contributed by atoms with Crippen molar-refractivity contribution < 1.29 is 25.8 Å². The van der Waals surface area contributed by atoms with Crippen LogP contribution in [-0.2, 0) is 21.1 Å². The van der Waals surface area contributed by atoms with Crippen molar-refractivity contribution in [1.82, 2.24) is 23.8 Å². The van der Waals surface area contributed by atoms with Crippen molar-refractivity contribution in [2.75, 3.05) is 0 Å². The van der Waals surface area contributed by atoms with Crippen LogP contribution < -0.4 is 4.74 Å². The number of pyridine rings is 3. The van der Waals surface area contributed by atoms with Gasteiger partial charge in [0.15, 0.2) is 0 Å². The molecule has 0 aliphatic heterocycles. The second-order valence-electron chi connectivity index (χ2n) is 13.4. The van der Waals surface area contributed by atoms with E-state index in [0.29, 0.717) is 11.5 Å². The van der Waals surface area contributed by atoms with Crippen LogP contribution >= 0.6 is 0 Å². The summed E-state index contributed by atoms with van der Waals surface area (Å²) >= 11 is 0. The van der Waals surface area contributed by atoms with E-state index in [1.165, 1.54) is 44.5 Å². The smallest absolute Gasteiger partial charge is 0.497 e. The minimum absolute atomic E-state index is 0. The fourth-order valence-electron chi connectivity index (χ4n) is 8.11. The summed E-state index contributed by atoms with van der Waals surface area (Å²) in [5.41, 5.74) is 13.8. The van der Waals surface area contributed by atoms with E-state index >= 15 is 0 Å². The number of aryl methyl sites for hydroxylation is 4. The van der Waals surface area contributed by atoms with Crippen molar-refractivity contribution >= 4 is 54.6 Å². The van der Waals surface area contributed by atoms with Gasteiger partial charge in [-0.05, 0) is 83.5 Å². The Kier molecular flexibility index (Phi) is 7.49. The van der Waals surface area contributed by atoms with Crippen LogP contribution in [0.1, 0.15) is 22.3 Å². The van der Waals surface area contributed by atoms with Crippen molar-refractivity contribution in [1.29, 1.82) is 0 Å². The minimum Gasteiger partial charge on any atom is -0.497 e. The van der Waals surface area contributed by atoms with Crippen LogP contribution in [0.5, 0.6) is 11.5 Å². The first-order valence-corrected chi connectivity index (χ1v) is 17.1. The molecule has 0 saturated carbocycles. The van der Waals surface area contributed by atoms with Crippen LogP contribution in [0.2, 0.25) is 0 Å². The Morgan fingerprint density at radius 1 is 0.538 bits per heavy atom. The van der Waals surface area contributed by atoms with Crippen molar-refractivity contribution in [3.05, 3.63) is 150 Å². The van der Waals surface area contributed by atoms with Gasteiger partial charge in [0.2, 0.25) is 0 Å². The first kappa shape index (κ1) is 32.1. The van der Waals surface area contributed by atoms with Gasteiger partial charge in [-0.25, -0.2) is 0 Å². The SMILES string of the molecule is Cc1cccc(C)c1-c1ccc2c3ccc(Oc4[c-]c5c(cc4)c4cnccc4n4ccnc54)[c-]c3c3nccn3c2c1-c1c(C)cccc1C.[Pt+2]. The number of hydrogen-bond donors (Lipinski definition) is 0. The van der Waals surface area contributed by atoms with Gasteiger partial charge in [-0.2, -0.15) is 0 Å². The summed E-state index contributed by atoms with van der Waals surface area (Å²) in [5, 5.41) is 6.03. The van der Waals surface area contributed by atoms with E-state index in [9.17, 15) is 0 Å². The number of nitrogens with zero attached hydrogens (tertiary/aromatic N) is 5. The molecule has 0 bridgehead atoms. The molecule has 0 saturated heterocycles. The average molecular weight is 853 g/mol. The Morgan fingerprint density at radius 2 is 1.10 bits per heavy atom. The molecule has 5 aromatic heterocycles. The topological polar surface area (TPSA) is 56.7 Å². The number of benzene rings is 5. The molecule has 10 aromatic rings. The van der Waals surface area contributed by atoms with E-state index in [2.05, 4.69) is 125 Å². The van der Waals surface area contributed by atoms with E-state index in [-0.39, 0.29) is 21.1 Å². The first-order chi connectivity index (χ1) is 25.0.